The summed E-state index contributed by atoms with van der Waals surface area (Å²) in [5.74, 6) is 0.642. The number of hydrogen-bond donors (Lipinski definition) is 1. The molecule has 118 valence electrons. The third kappa shape index (κ3) is 3.96. The zero-order valence-corrected chi connectivity index (χ0v) is 13.3. The van der Waals surface area contributed by atoms with E-state index in [1.165, 1.54) is 0 Å². The lowest BCUT2D eigenvalue weighted by Crippen LogP contribution is -2.38. The van der Waals surface area contributed by atoms with E-state index < -0.39 is 10.0 Å². The molecule has 2 rings (SSSR count). The number of rotatable bonds is 5. The third-order valence-electron chi connectivity index (χ3n) is 3.81. The largest absolute Gasteiger partial charge is 0.492 e. The van der Waals surface area contributed by atoms with Crippen LogP contribution in [0.2, 0.25) is 0 Å². The molecule has 0 saturated carbocycles. The van der Waals surface area contributed by atoms with Crippen LogP contribution in [-0.2, 0) is 10.0 Å². The minimum Gasteiger partial charge on any atom is -0.492 e. The molecule has 0 spiro atoms. The van der Waals surface area contributed by atoms with Gasteiger partial charge in [-0.25, -0.2) is 8.42 Å². The summed E-state index contributed by atoms with van der Waals surface area (Å²) in [4.78, 5) is 0.330. The van der Waals surface area contributed by atoms with E-state index in [1.54, 1.807) is 28.6 Å². The van der Waals surface area contributed by atoms with E-state index in [9.17, 15) is 8.42 Å². The van der Waals surface area contributed by atoms with E-state index in [0.717, 1.165) is 25.7 Å². The summed E-state index contributed by atoms with van der Waals surface area (Å²) in [5, 5.41) is 0. The fourth-order valence-electron chi connectivity index (χ4n) is 2.63. The summed E-state index contributed by atoms with van der Waals surface area (Å²) in [6, 6.07) is 6.65. The number of ether oxygens (including phenoxy) is 1. The van der Waals surface area contributed by atoms with Crippen molar-refractivity contribution in [2.45, 2.75) is 43.5 Å². The first-order valence-electron chi connectivity index (χ1n) is 7.50. The van der Waals surface area contributed by atoms with Gasteiger partial charge in [-0.15, -0.1) is 0 Å². The predicted octanol–water partition coefficient (Wildman–Crippen LogP) is 1.98. The molecule has 1 heterocycles. The Labute approximate surface area is 127 Å². The van der Waals surface area contributed by atoms with Crippen LogP contribution in [0.3, 0.4) is 0 Å². The van der Waals surface area contributed by atoms with Crippen molar-refractivity contribution in [2.24, 2.45) is 5.73 Å². The second-order valence-corrected chi connectivity index (χ2v) is 7.31. The van der Waals surface area contributed by atoms with Crippen LogP contribution in [0.5, 0.6) is 5.75 Å². The van der Waals surface area contributed by atoms with Crippen molar-refractivity contribution in [2.75, 3.05) is 19.7 Å². The Hall–Kier alpha value is -1.11. The van der Waals surface area contributed by atoms with Gasteiger partial charge in [-0.1, -0.05) is 12.8 Å². The van der Waals surface area contributed by atoms with Gasteiger partial charge in [0.2, 0.25) is 10.0 Å². The number of nitrogens with two attached hydrogens (primary N) is 1. The first-order chi connectivity index (χ1) is 10.1. The molecule has 1 saturated heterocycles. The van der Waals surface area contributed by atoms with Crippen LogP contribution in [0.15, 0.2) is 29.2 Å². The maximum Gasteiger partial charge on any atom is 0.243 e. The van der Waals surface area contributed by atoms with Crippen molar-refractivity contribution in [1.82, 2.24) is 4.31 Å². The molecule has 5 nitrogen and oxygen atoms in total. The molecular formula is C15H24N2O3S. The Morgan fingerprint density at radius 1 is 1.24 bits per heavy atom. The van der Waals surface area contributed by atoms with Crippen LogP contribution >= 0.6 is 0 Å². The van der Waals surface area contributed by atoms with Gasteiger partial charge >= 0.3 is 0 Å². The first-order valence-corrected chi connectivity index (χ1v) is 8.94. The van der Waals surface area contributed by atoms with Gasteiger partial charge in [0.25, 0.3) is 0 Å². The summed E-state index contributed by atoms with van der Waals surface area (Å²) >= 11 is 0. The molecule has 0 bridgehead atoms. The number of nitrogens with zero attached hydrogens (tertiary/aromatic N) is 1. The third-order valence-corrected chi connectivity index (χ3v) is 5.84. The lowest BCUT2D eigenvalue weighted by Gasteiger charge is -2.26. The summed E-state index contributed by atoms with van der Waals surface area (Å²) in [5.41, 5.74) is 5.38. The molecule has 1 aliphatic rings. The van der Waals surface area contributed by atoms with Gasteiger partial charge in [0.1, 0.15) is 12.4 Å². The zero-order valence-electron chi connectivity index (χ0n) is 12.5. The van der Waals surface area contributed by atoms with Crippen molar-refractivity contribution in [3.63, 3.8) is 0 Å². The van der Waals surface area contributed by atoms with E-state index in [1.807, 2.05) is 6.92 Å². The molecular weight excluding hydrogens is 288 g/mol. The van der Waals surface area contributed by atoms with Gasteiger partial charge in [0.15, 0.2) is 0 Å². The maximum atomic E-state index is 12.7. The molecule has 1 aromatic rings. The van der Waals surface area contributed by atoms with Gasteiger partial charge in [-0.2, -0.15) is 4.31 Å². The average Bonchev–Trinajstić information content (AvgIpc) is 2.70. The molecule has 21 heavy (non-hydrogen) atoms. The molecule has 1 aliphatic heterocycles. The number of benzene rings is 1. The minimum absolute atomic E-state index is 0.0608. The summed E-state index contributed by atoms with van der Waals surface area (Å²) in [6.45, 7) is 3.46. The molecule has 0 amide bonds. The second kappa shape index (κ2) is 7.24. The second-order valence-electron chi connectivity index (χ2n) is 5.42. The normalized spacial score (nSPS) is 21.0. The Balaban J connectivity index is 2.18. The van der Waals surface area contributed by atoms with Gasteiger partial charge in [0, 0.05) is 19.1 Å². The van der Waals surface area contributed by atoms with Crippen molar-refractivity contribution in [3.8, 4) is 5.75 Å². The summed E-state index contributed by atoms with van der Waals surface area (Å²) in [7, 11) is -3.42. The highest BCUT2D eigenvalue weighted by Crippen LogP contribution is 2.25. The molecule has 0 aromatic heterocycles. The van der Waals surface area contributed by atoms with E-state index in [4.69, 9.17) is 10.5 Å². The van der Waals surface area contributed by atoms with Crippen molar-refractivity contribution in [3.05, 3.63) is 24.3 Å². The van der Waals surface area contributed by atoms with E-state index >= 15 is 0 Å². The zero-order chi connectivity index (χ0) is 15.3. The number of sulfonamides is 1. The highest BCUT2D eigenvalue weighted by molar-refractivity contribution is 7.89. The molecule has 0 aliphatic carbocycles. The lowest BCUT2D eigenvalue weighted by molar-refractivity contribution is 0.327. The smallest absolute Gasteiger partial charge is 0.243 e. The fraction of sp³-hybridized carbons (Fsp3) is 0.600. The molecule has 1 aromatic carbocycles. The topological polar surface area (TPSA) is 72.6 Å². The highest BCUT2D eigenvalue weighted by Gasteiger charge is 2.29. The van der Waals surface area contributed by atoms with Crippen LogP contribution in [0.1, 0.15) is 32.6 Å². The maximum absolute atomic E-state index is 12.7. The molecule has 1 fully saturated rings. The molecule has 2 N–H and O–H groups in total. The monoisotopic (exact) mass is 312 g/mol. The number of hydrogen-bond acceptors (Lipinski definition) is 4. The van der Waals surface area contributed by atoms with E-state index in [-0.39, 0.29) is 6.04 Å². The standard InChI is InChI=1S/C15H24N2O3S/c1-13-5-3-2-4-11-17(13)21(18,19)15-8-6-14(7-9-15)20-12-10-16/h6-9,13H,2-5,10-12,16H2,1H3. The highest BCUT2D eigenvalue weighted by atomic mass is 32.2. The Morgan fingerprint density at radius 2 is 1.95 bits per heavy atom. The van der Waals surface area contributed by atoms with Gasteiger partial charge in [-0.05, 0) is 44.0 Å². The summed E-state index contributed by atoms with van der Waals surface area (Å²) in [6.07, 6.45) is 4.06. The van der Waals surface area contributed by atoms with Crippen molar-refractivity contribution < 1.29 is 13.2 Å². The van der Waals surface area contributed by atoms with Crippen LogP contribution in [0.25, 0.3) is 0 Å². The molecule has 1 unspecified atom stereocenters. The van der Waals surface area contributed by atoms with E-state index in [2.05, 4.69) is 0 Å². The van der Waals surface area contributed by atoms with Crippen LogP contribution in [0, 0.1) is 0 Å². The molecule has 0 radical (unpaired) electrons. The predicted molar refractivity (Wildman–Crippen MR) is 82.8 cm³/mol. The SMILES string of the molecule is CC1CCCCCN1S(=O)(=O)c1ccc(OCCN)cc1. The Morgan fingerprint density at radius 3 is 2.62 bits per heavy atom. The fourth-order valence-corrected chi connectivity index (χ4v) is 4.33. The lowest BCUT2D eigenvalue weighted by atomic mass is 10.1. The van der Waals surface area contributed by atoms with Gasteiger partial charge < -0.3 is 10.5 Å². The van der Waals surface area contributed by atoms with Gasteiger partial charge in [-0.3, -0.25) is 0 Å². The van der Waals surface area contributed by atoms with Crippen LogP contribution < -0.4 is 10.5 Å². The summed E-state index contributed by atoms with van der Waals surface area (Å²) < 4.78 is 32.5. The Kier molecular flexibility index (Phi) is 5.61. The van der Waals surface area contributed by atoms with Crippen molar-refractivity contribution >= 4 is 10.0 Å². The average molecular weight is 312 g/mol. The molecule has 1 atom stereocenters. The molecule has 6 heteroatoms. The Bertz CT molecular complexity index is 543. The van der Waals surface area contributed by atoms with Crippen LogP contribution in [0.4, 0.5) is 0 Å². The van der Waals surface area contributed by atoms with E-state index in [0.29, 0.717) is 30.3 Å². The van der Waals surface area contributed by atoms with Crippen LogP contribution in [-0.4, -0.2) is 38.5 Å². The van der Waals surface area contributed by atoms with Crippen molar-refractivity contribution in [1.29, 1.82) is 0 Å². The minimum atomic E-state index is -3.42. The van der Waals surface area contributed by atoms with Gasteiger partial charge in [0.05, 0.1) is 4.90 Å². The quantitative estimate of drug-likeness (QED) is 0.902. The first kappa shape index (κ1) is 16.3.